The van der Waals surface area contributed by atoms with Crippen LogP contribution in [-0.4, -0.2) is 5.97 Å². The Morgan fingerprint density at radius 1 is 0.875 bits per heavy atom. The number of fused-ring (bicyclic) bond motifs is 2. The van der Waals surface area contributed by atoms with Crippen LogP contribution >= 0.6 is 0 Å². The highest BCUT2D eigenvalue weighted by Gasteiger charge is 2.15. The molecule has 5 aromatic rings. The van der Waals surface area contributed by atoms with E-state index in [1.54, 1.807) is 25.1 Å². The fourth-order valence-electron chi connectivity index (χ4n) is 3.27. The average molecular weight is 430 g/mol. The predicted molar refractivity (Wildman–Crippen MR) is 113 cm³/mol. The first-order chi connectivity index (χ1) is 15.5. The Labute approximate surface area is 179 Å². The van der Waals surface area contributed by atoms with Crippen LogP contribution in [0.2, 0.25) is 0 Å². The zero-order valence-electron chi connectivity index (χ0n) is 16.6. The number of hydrogen-bond acceptors (Lipinski definition) is 8. The third-order valence-corrected chi connectivity index (χ3v) is 4.80. The van der Waals surface area contributed by atoms with Gasteiger partial charge in [0.2, 0.25) is 16.9 Å². The fraction of sp³-hybridized carbons (Fsp3) is 0.0417. The average Bonchev–Trinajstić information content (AvgIpc) is 3.30. The monoisotopic (exact) mass is 430 g/mol. The van der Waals surface area contributed by atoms with E-state index in [2.05, 4.69) is 0 Å². The number of aryl methyl sites for hydroxylation is 1. The van der Waals surface area contributed by atoms with Crippen molar-refractivity contribution in [2.24, 2.45) is 0 Å². The van der Waals surface area contributed by atoms with Gasteiger partial charge in [-0.05, 0) is 48.9 Å². The quantitative estimate of drug-likeness (QED) is 0.227. The fourth-order valence-corrected chi connectivity index (χ4v) is 3.27. The molecule has 0 atom stereocenters. The van der Waals surface area contributed by atoms with Crippen molar-refractivity contribution >= 4 is 27.9 Å². The van der Waals surface area contributed by atoms with Crippen molar-refractivity contribution in [2.75, 3.05) is 0 Å². The minimum atomic E-state index is -0.671. The van der Waals surface area contributed by atoms with Gasteiger partial charge in [-0.1, -0.05) is 0 Å². The van der Waals surface area contributed by atoms with Crippen LogP contribution < -0.4 is 20.5 Å². The van der Waals surface area contributed by atoms with Gasteiger partial charge < -0.3 is 22.7 Å². The molecule has 0 bridgehead atoms. The Kier molecular flexibility index (Phi) is 4.59. The number of rotatable bonds is 4. The van der Waals surface area contributed by atoms with E-state index in [0.717, 1.165) is 10.9 Å². The number of carbonyl (C=O) groups is 1. The molecule has 158 valence electrons. The molecule has 2 aromatic carbocycles. The summed E-state index contributed by atoms with van der Waals surface area (Å²) in [7, 11) is 0. The minimum absolute atomic E-state index is 0.0489. The zero-order valence-corrected chi connectivity index (χ0v) is 16.6. The molecule has 8 nitrogen and oxygen atoms in total. The summed E-state index contributed by atoms with van der Waals surface area (Å²) in [5, 5.41) is 1.00. The van der Waals surface area contributed by atoms with Crippen LogP contribution in [0.15, 0.2) is 90.0 Å². The Morgan fingerprint density at radius 3 is 2.47 bits per heavy atom. The Morgan fingerprint density at radius 2 is 1.66 bits per heavy atom. The normalized spacial score (nSPS) is 11.0. The molecule has 32 heavy (non-hydrogen) atoms. The second-order valence-corrected chi connectivity index (χ2v) is 6.96. The standard InChI is InChI=1S/C24H14O8/c1-13-9-22(25)32-20-11-14(4-6-16(13)20)30-21-12-29-19-10-15(5-7-17(19)23(21)26)31-24(27)18-3-2-8-28-18/h2-12H,1H3. The van der Waals surface area contributed by atoms with E-state index in [4.69, 9.17) is 22.7 Å². The molecule has 0 aliphatic rings. The van der Waals surface area contributed by atoms with Gasteiger partial charge in [0.15, 0.2) is 0 Å². The number of benzene rings is 2. The highest BCUT2D eigenvalue weighted by Crippen LogP contribution is 2.27. The molecular formula is C24H14O8. The van der Waals surface area contributed by atoms with Gasteiger partial charge >= 0.3 is 11.6 Å². The molecule has 0 aliphatic carbocycles. The highest BCUT2D eigenvalue weighted by atomic mass is 16.5. The van der Waals surface area contributed by atoms with E-state index >= 15 is 0 Å². The third-order valence-electron chi connectivity index (χ3n) is 4.80. The maximum Gasteiger partial charge on any atom is 0.379 e. The summed E-state index contributed by atoms with van der Waals surface area (Å²) in [4.78, 5) is 36.5. The summed E-state index contributed by atoms with van der Waals surface area (Å²) in [5.74, 6) is -0.170. The molecule has 0 fully saturated rings. The lowest BCUT2D eigenvalue weighted by Gasteiger charge is -2.08. The molecular weight excluding hydrogens is 416 g/mol. The topological polar surface area (TPSA) is 109 Å². The van der Waals surface area contributed by atoms with Crippen LogP contribution in [-0.2, 0) is 0 Å². The van der Waals surface area contributed by atoms with Gasteiger partial charge in [-0.25, -0.2) is 9.59 Å². The maximum atomic E-state index is 12.8. The molecule has 8 heteroatoms. The number of carbonyl (C=O) groups excluding carboxylic acids is 1. The van der Waals surface area contributed by atoms with Gasteiger partial charge in [0.1, 0.15) is 28.9 Å². The van der Waals surface area contributed by atoms with Gasteiger partial charge in [-0.3, -0.25) is 4.79 Å². The number of hydrogen-bond donors (Lipinski definition) is 0. The molecule has 0 saturated carbocycles. The lowest BCUT2D eigenvalue weighted by Crippen LogP contribution is -2.08. The van der Waals surface area contributed by atoms with Crippen molar-refractivity contribution in [2.45, 2.75) is 6.92 Å². The van der Waals surface area contributed by atoms with E-state index in [1.165, 1.54) is 48.9 Å². The second-order valence-electron chi connectivity index (χ2n) is 6.96. The summed E-state index contributed by atoms with van der Waals surface area (Å²) >= 11 is 0. The van der Waals surface area contributed by atoms with Crippen LogP contribution in [0.25, 0.3) is 21.9 Å². The SMILES string of the molecule is Cc1cc(=O)oc2cc(Oc3coc4cc(OC(=O)c5ccco5)ccc4c3=O)ccc12. The van der Waals surface area contributed by atoms with E-state index in [1.807, 2.05) is 0 Å². The van der Waals surface area contributed by atoms with Crippen LogP contribution in [0.4, 0.5) is 0 Å². The van der Waals surface area contributed by atoms with Gasteiger partial charge in [0.05, 0.1) is 11.6 Å². The molecule has 0 aliphatic heterocycles. The molecule has 0 spiro atoms. The molecule has 3 aromatic heterocycles. The van der Waals surface area contributed by atoms with Crippen LogP contribution in [0.5, 0.6) is 17.2 Å². The molecule has 5 rings (SSSR count). The van der Waals surface area contributed by atoms with Crippen LogP contribution in [0.3, 0.4) is 0 Å². The van der Waals surface area contributed by atoms with E-state index in [9.17, 15) is 14.4 Å². The van der Waals surface area contributed by atoms with Crippen molar-refractivity contribution in [3.05, 3.63) is 99.1 Å². The first-order valence-electron chi connectivity index (χ1n) is 9.51. The van der Waals surface area contributed by atoms with Gasteiger partial charge in [0, 0.05) is 23.6 Å². The van der Waals surface area contributed by atoms with E-state index in [-0.39, 0.29) is 28.2 Å². The van der Waals surface area contributed by atoms with Crippen LogP contribution in [0, 0.1) is 6.92 Å². The largest absolute Gasteiger partial charge is 0.460 e. The Bertz CT molecular complexity index is 1590. The van der Waals surface area contributed by atoms with Crippen molar-refractivity contribution in [1.29, 1.82) is 0 Å². The summed E-state index contributed by atoms with van der Waals surface area (Å²) in [6.45, 7) is 1.80. The van der Waals surface area contributed by atoms with Gasteiger partial charge in [-0.2, -0.15) is 0 Å². The molecule has 0 amide bonds. The van der Waals surface area contributed by atoms with Gasteiger partial charge in [0.25, 0.3) is 0 Å². The zero-order chi connectivity index (χ0) is 22.2. The first-order valence-corrected chi connectivity index (χ1v) is 9.51. The number of esters is 1. The van der Waals surface area contributed by atoms with E-state index < -0.39 is 17.0 Å². The highest BCUT2D eigenvalue weighted by molar-refractivity contribution is 5.89. The predicted octanol–water partition coefficient (Wildman–Crippen LogP) is 4.81. The Balaban J connectivity index is 1.44. The molecule has 0 radical (unpaired) electrons. The summed E-state index contributed by atoms with van der Waals surface area (Å²) in [6.07, 6.45) is 2.53. The van der Waals surface area contributed by atoms with Crippen LogP contribution in [0.1, 0.15) is 16.1 Å². The van der Waals surface area contributed by atoms with Crippen molar-refractivity contribution in [3.63, 3.8) is 0 Å². The third kappa shape index (κ3) is 3.54. The lowest BCUT2D eigenvalue weighted by atomic mass is 10.1. The second kappa shape index (κ2) is 7.59. The molecule has 0 N–H and O–H groups in total. The first kappa shape index (κ1) is 19.4. The minimum Gasteiger partial charge on any atom is -0.460 e. The smallest absolute Gasteiger partial charge is 0.379 e. The van der Waals surface area contributed by atoms with E-state index in [0.29, 0.717) is 11.3 Å². The number of furan rings is 1. The molecule has 0 unspecified atom stereocenters. The van der Waals surface area contributed by atoms with Crippen molar-refractivity contribution < 1.29 is 27.5 Å². The van der Waals surface area contributed by atoms with Crippen molar-refractivity contribution in [1.82, 2.24) is 0 Å². The summed E-state index contributed by atoms with van der Waals surface area (Å²) in [5.41, 5.74) is 0.450. The number of ether oxygens (including phenoxy) is 2. The molecule has 3 heterocycles. The van der Waals surface area contributed by atoms with Crippen molar-refractivity contribution in [3.8, 4) is 17.2 Å². The Hall–Kier alpha value is -4.59. The summed E-state index contributed by atoms with van der Waals surface area (Å²) < 4.78 is 26.6. The van der Waals surface area contributed by atoms with Gasteiger partial charge in [-0.15, -0.1) is 0 Å². The maximum absolute atomic E-state index is 12.8. The lowest BCUT2D eigenvalue weighted by molar-refractivity contribution is 0.0701. The summed E-state index contributed by atoms with van der Waals surface area (Å²) in [6, 6.07) is 13.8. The molecule has 0 saturated heterocycles.